The summed E-state index contributed by atoms with van der Waals surface area (Å²) in [6.07, 6.45) is 4.12. The minimum Gasteiger partial charge on any atom is -0.414 e. The Kier molecular flexibility index (Phi) is 16.7. The van der Waals surface area contributed by atoms with Crippen molar-refractivity contribution in [2.75, 3.05) is 26.1 Å². The Labute approximate surface area is 348 Å². The van der Waals surface area contributed by atoms with Gasteiger partial charge in [0.05, 0.1) is 66.1 Å². The lowest BCUT2D eigenvalue weighted by Crippen LogP contribution is -2.49. The SMILES string of the molecule is C=C1C[C@H](CCCO)OC1CC[C@H]1C[C@@H](C)C(=C)C(C[C@@H]2OC(CC(CO[Si](C)(C)C(C)(C)C)O[Si](C)(C)C(C)(C)C)[C@H](OC)[C@H]2CS(=O)(=O)c2ccccc2)O1. The van der Waals surface area contributed by atoms with Gasteiger partial charge >= 0.3 is 0 Å². The van der Waals surface area contributed by atoms with E-state index in [0.717, 1.165) is 49.7 Å². The van der Waals surface area contributed by atoms with Crippen molar-refractivity contribution in [1.29, 1.82) is 0 Å². The molecule has 3 aliphatic heterocycles. The van der Waals surface area contributed by atoms with Crippen molar-refractivity contribution in [3.05, 3.63) is 54.6 Å². The molecule has 4 unspecified atom stereocenters. The summed E-state index contributed by atoms with van der Waals surface area (Å²) in [4.78, 5) is 0.297. The highest BCUT2D eigenvalue weighted by atomic mass is 32.2. The summed E-state index contributed by atoms with van der Waals surface area (Å²) in [6, 6.07) is 8.68. The van der Waals surface area contributed by atoms with Crippen molar-refractivity contribution in [2.24, 2.45) is 11.8 Å². The Morgan fingerprint density at radius 3 is 2.11 bits per heavy atom. The molecule has 0 amide bonds. The lowest BCUT2D eigenvalue weighted by molar-refractivity contribution is -0.0782. The van der Waals surface area contributed by atoms with E-state index in [-0.39, 0.29) is 58.9 Å². The van der Waals surface area contributed by atoms with Crippen LogP contribution in [0, 0.1) is 11.8 Å². The molecule has 1 aromatic carbocycles. The molecule has 10 atom stereocenters. The second kappa shape index (κ2) is 19.7. The summed E-state index contributed by atoms with van der Waals surface area (Å²) in [5, 5.41) is 9.32. The first kappa shape index (κ1) is 48.5. The molecule has 1 N–H and O–H groups in total. The largest absolute Gasteiger partial charge is 0.414 e. The maximum atomic E-state index is 14.1. The average molecular weight is 851 g/mol. The molecule has 1 aromatic rings. The number of aliphatic hydroxyl groups is 1. The molecule has 9 nitrogen and oxygen atoms in total. The summed E-state index contributed by atoms with van der Waals surface area (Å²) in [6.45, 7) is 34.2. The number of rotatable bonds is 19. The van der Waals surface area contributed by atoms with E-state index in [4.69, 9.17) is 27.8 Å². The minimum atomic E-state index is -3.68. The zero-order valence-corrected chi connectivity index (χ0v) is 40.3. The number of ether oxygens (including phenoxy) is 4. The molecule has 0 spiro atoms. The van der Waals surface area contributed by atoms with Crippen LogP contribution in [0.1, 0.15) is 99.8 Å². The normalized spacial score (nSPS) is 29.9. The van der Waals surface area contributed by atoms with Crippen LogP contribution in [0.5, 0.6) is 0 Å². The molecular weight excluding hydrogens is 773 g/mol. The predicted octanol–water partition coefficient (Wildman–Crippen LogP) is 9.67. The van der Waals surface area contributed by atoms with Gasteiger partial charge in [0.1, 0.15) is 0 Å². The third kappa shape index (κ3) is 12.7. The fraction of sp³-hybridized carbons (Fsp3) is 0.778. The van der Waals surface area contributed by atoms with Crippen LogP contribution in [-0.4, -0.2) is 105 Å². The highest BCUT2D eigenvalue weighted by molar-refractivity contribution is 7.91. The Balaban J connectivity index is 1.59. The van der Waals surface area contributed by atoms with Gasteiger partial charge in [-0.25, -0.2) is 8.42 Å². The number of hydrogen-bond donors (Lipinski definition) is 1. The van der Waals surface area contributed by atoms with E-state index in [0.29, 0.717) is 24.3 Å². The average Bonchev–Trinajstić information content (AvgIpc) is 3.63. The number of benzene rings is 1. The summed E-state index contributed by atoms with van der Waals surface area (Å²) < 4.78 is 68.6. The van der Waals surface area contributed by atoms with Crippen molar-refractivity contribution >= 4 is 26.5 Å². The van der Waals surface area contributed by atoms with Crippen LogP contribution in [-0.2, 0) is 37.6 Å². The van der Waals surface area contributed by atoms with Crippen LogP contribution < -0.4 is 0 Å². The minimum absolute atomic E-state index is 0.000157. The maximum Gasteiger partial charge on any atom is 0.192 e. The zero-order chi connectivity index (χ0) is 42.6. The monoisotopic (exact) mass is 850 g/mol. The Morgan fingerprint density at radius 1 is 0.877 bits per heavy atom. The van der Waals surface area contributed by atoms with E-state index in [9.17, 15) is 13.5 Å². The van der Waals surface area contributed by atoms with Gasteiger partial charge in [0, 0.05) is 32.5 Å². The van der Waals surface area contributed by atoms with Crippen LogP contribution in [0.15, 0.2) is 59.5 Å². The fourth-order valence-electron chi connectivity index (χ4n) is 8.08. The van der Waals surface area contributed by atoms with E-state index in [2.05, 4.69) is 87.8 Å². The molecule has 0 aromatic heterocycles. The fourth-order valence-corrected chi connectivity index (χ4v) is 12.1. The Morgan fingerprint density at radius 2 is 1.51 bits per heavy atom. The van der Waals surface area contributed by atoms with Gasteiger partial charge in [-0.3, -0.25) is 0 Å². The quantitative estimate of drug-likeness (QED) is 0.108. The van der Waals surface area contributed by atoms with Crippen molar-refractivity contribution in [3.8, 4) is 0 Å². The molecule has 0 aliphatic carbocycles. The van der Waals surface area contributed by atoms with Gasteiger partial charge in [-0.15, -0.1) is 0 Å². The number of sulfone groups is 1. The molecule has 326 valence electrons. The second-order valence-electron chi connectivity index (χ2n) is 20.2. The highest BCUT2D eigenvalue weighted by Crippen LogP contribution is 2.44. The molecule has 3 aliphatic rings. The van der Waals surface area contributed by atoms with Gasteiger partial charge in [-0.2, -0.15) is 0 Å². The van der Waals surface area contributed by atoms with Gasteiger partial charge in [0.2, 0.25) is 0 Å². The molecule has 4 rings (SSSR count). The van der Waals surface area contributed by atoms with E-state index in [1.807, 2.05) is 6.07 Å². The van der Waals surface area contributed by atoms with Gasteiger partial charge in [-0.05, 0) is 104 Å². The number of methoxy groups -OCH3 is 1. The smallest absolute Gasteiger partial charge is 0.192 e. The van der Waals surface area contributed by atoms with E-state index < -0.39 is 50.7 Å². The van der Waals surface area contributed by atoms with E-state index in [1.165, 1.54) is 0 Å². The topological polar surface area (TPSA) is 110 Å². The van der Waals surface area contributed by atoms with Gasteiger partial charge in [0.25, 0.3) is 0 Å². The summed E-state index contributed by atoms with van der Waals surface area (Å²) in [5.41, 5.74) is 2.14. The third-order valence-electron chi connectivity index (χ3n) is 13.8. The summed E-state index contributed by atoms with van der Waals surface area (Å²) >= 11 is 0. The molecule has 57 heavy (non-hydrogen) atoms. The molecule has 3 saturated heterocycles. The van der Waals surface area contributed by atoms with Crippen molar-refractivity contribution in [3.63, 3.8) is 0 Å². The van der Waals surface area contributed by atoms with Crippen molar-refractivity contribution in [2.45, 2.75) is 190 Å². The van der Waals surface area contributed by atoms with Crippen LogP contribution >= 0.6 is 0 Å². The lowest BCUT2D eigenvalue weighted by atomic mass is 9.83. The van der Waals surface area contributed by atoms with E-state index in [1.54, 1.807) is 31.4 Å². The lowest BCUT2D eigenvalue weighted by Gasteiger charge is -2.42. The highest BCUT2D eigenvalue weighted by Gasteiger charge is 2.50. The molecule has 0 radical (unpaired) electrons. The molecule has 0 bridgehead atoms. The van der Waals surface area contributed by atoms with Gasteiger partial charge < -0.3 is 32.9 Å². The van der Waals surface area contributed by atoms with Gasteiger partial charge in [0.15, 0.2) is 26.5 Å². The molecule has 3 heterocycles. The zero-order valence-electron chi connectivity index (χ0n) is 37.5. The summed E-state index contributed by atoms with van der Waals surface area (Å²) in [7, 11) is -6.35. The number of aliphatic hydroxyl groups excluding tert-OH is 1. The standard InChI is InChI=1S/C45H78O9SSi2/c1-31-25-35(22-23-39-32(2)26-34(51-39)19-18-24-46)52-40(33(31)3)28-41-38(30-55(47,48)37-20-16-15-17-21-37)43(49-10)42(53-41)27-36(54-57(13,14)45(7,8)9)29-50-56(11,12)44(4,5)6/h15-17,20-21,31,34-36,38-43,46H,2-3,18-19,22-30H2,1,4-14H3/t31-,34+,35+,36?,38+,39?,40?,41+,42?,43-/m1/s1. The number of hydrogen-bond acceptors (Lipinski definition) is 9. The Bertz CT molecular complexity index is 1570. The molecule has 12 heteroatoms. The summed E-state index contributed by atoms with van der Waals surface area (Å²) in [5.74, 6) is -0.324. The first-order chi connectivity index (χ1) is 26.4. The van der Waals surface area contributed by atoms with Crippen molar-refractivity contribution < 1.29 is 41.3 Å². The maximum absolute atomic E-state index is 14.1. The molecular formula is C45H78O9SSi2. The first-order valence-corrected chi connectivity index (χ1v) is 28.9. The van der Waals surface area contributed by atoms with E-state index >= 15 is 0 Å². The molecule has 0 saturated carbocycles. The van der Waals surface area contributed by atoms with Crippen LogP contribution in [0.4, 0.5) is 0 Å². The van der Waals surface area contributed by atoms with Crippen LogP contribution in [0.3, 0.4) is 0 Å². The van der Waals surface area contributed by atoms with Crippen LogP contribution in [0.2, 0.25) is 36.3 Å². The predicted molar refractivity (Wildman–Crippen MR) is 235 cm³/mol. The van der Waals surface area contributed by atoms with Crippen molar-refractivity contribution in [1.82, 2.24) is 0 Å². The second-order valence-corrected chi connectivity index (χ2v) is 31.8. The Hall–Kier alpha value is -1.20. The van der Waals surface area contributed by atoms with Crippen LogP contribution in [0.25, 0.3) is 0 Å². The third-order valence-corrected chi connectivity index (χ3v) is 24.7. The molecule has 3 fully saturated rings. The first-order valence-electron chi connectivity index (χ1n) is 21.4. The van der Waals surface area contributed by atoms with Gasteiger partial charge in [-0.1, -0.05) is 79.8 Å².